The molecule has 1 heterocycles. The number of likely N-dealkylation sites (tertiary alicyclic amines) is 1. The van der Waals surface area contributed by atoms with Crippen molar-refractivity contribution in [2.75, 3.05) is 19.6 Å². The summed E-state index contributed by atoms with van der Waals surface area (Å²) in [4.78, 5) is 12.9. The Balaban J connectivity index is 1.59. The highest BCUT2D eigenvalue weighted by molar-refractivity contribution is 5.66. The highest BCUT2D eigenvalue weighted by atomic mass is 16.4. The van der Waals surface area contributed by atoms with Crippen molar-refractivity contribution < 1.29 is 9.90 Å². The van der Waals surface area contributed by atoms with Crippen LogP contribution in [-0.2, 0) is 4.79 Å². The zero-order chi connectivity index (χ0) is 10.9. The fourth-order valence-electron chi connectivity index (χ4n) is 2.93. The topological polar surface area (TPSA) is 40.5 Å². The predicted molar refractivity (Wildman–Crippen MR) is 58.8 cm³/mol. The summed E-state index contributed by atoms with van der Waals surface area (Å²) in [6.45, 7) is 5.79. The maximum absolute atomic E-state index is 10.4. The zero-order valence-corrected chi connectivity index (χ0v) is 9.54. The molecule has 1 aliphatic carbocycles. The molecule has 0 bridgehead atoms. The van der Waals surface area contributed by atoms with Gasteiger partial charge in [0.25, 0.3) is 0 Å². The molecule has 0 amide bonds. The Morgan fingerprint density at radius 2 is 2.13 bits per heavy atom. The molecule has 1 saturated carbocycles. The lowest BCUT2D eigenvalue weighted by molar-refractivity contribution is -0.137. The van der Waals surface area contributed by atoms with Crippen molar-refractivity contribution in [1.29, 1.82) is 0 Å². The van der Waals surface area contributed by atoms with E-state index >= 15 is 0 Å². The Hall–Kier alpha value is -0.570. The van der Waals surface area contributed by atoms with Gasteiger partial charge in [-0.05, 0) is 30.6 Å². The zero-order valence-electron chi connectivity index (χ0n) is 9.54. The molecule has 0 radical (unpaired) electrons. The van der Waals surface area contributed by atoms with Crippen molar-refractivity contribution in [1.82, 2.24) is 4.90 Å². The van der Waals surface area contributed by atoms with Gasteiger partial charge in [-0.15, -0.1) is 0 Å². The van der Waals surface area contributed by atoms with Gasteiger partial charge in [0.15, 0.2) is 0 Å². The summed E-state index contributed by atoms with van der Waals surface area (Å²) in [5.74, 6) is -0.139. The van der Waals surface area contributed by atoms with Crippen molar-refractivity contribution >= 4 is 5.97 Å². The molecule has 1 spiro atoms. The summed E-state index contributed by atoms with van der Waals surface area (Å²) in [6, 6.07) is 0. The number of carboxylic acid groups (broad SMARTS) is 1. The van der Waals surface area contributed by atoms with Crippen LogP contribution in [0, 0.1) is 11.3 Å². The van der Waals surface area contributed by atoms with E-state index in [1.54, 1.807) is 0 Å². The van der Waals surface area contributed by atoms with Gasteiger partial charge in [-0.2, -0.15) is 0 Å². The van der Waals surface area contributed by atoms with Crippen LogP contribution in [0.15, 0.2) is 0 Å². The van der Waals surface area contributed by atoms with E-state index < -0.39 is 5.97 Å². The van der Waals surface area contributed by atoms with Gasteiger partial charge in [0.2, 0.25) is 0 Å². The van der Waals surface area contributed by atoms with Gasteiger partial charge in [-0.1, -0.05) is 13.3 Å². The van der Waals surface area contributed by atoms with E-state index in [0.29, 0.717) is 17.8 Å². The number of hydrogen-bond acceptors (Lipinski definition) is 2. The second-order valence-corrected chi connectivity index (χ2v) is 5.56. The maximum atomic E-state index is 10.4. The van der Waals surface area contributed by atoms with Crippen molar-refractivity contribution in [2.24, 2.45) is 11.3 Å². The van der Waals surface area contributed by atoms with Crippen molar-refractivity contribution in [2.45, 2.75) is 39.0 Å². The summed E-state index contributed by atoms with van der Waals surface area (Å²) in [7, 11) is 0. The smallest absolute Gasteiger partial charge is 0.303 e. The molecule has 1 atom stereocenters. The van der Waals surface area contributed by atoms with E-state index in [1.165, 1.54) is 32.4 Å². The van der Waals surface area contributed by atoms with Gasteiger partial charge < -0.3 is 10.0 Å². The van der Waals surface area contributed by atoms with Crippen LogP contribution in [0.25, 0.3) is 0 Å². The molecule has 2 aliphatic rings. The first-order valence-electron chi connectivity index (χ1n) is 6.04. The van der Waals surface area contributed by atoms with Gasteiger partial charge in [-0.3, -0.25) is 4.79 Å². The normalized spacial score (nSPS) is 25.7. The molecule has 0 aromatic carbocycles. The fraction of sp³-hybridized carbons (Fsp3) is 0.917. The van der Waals surface area contributed by atoms with Crippen LogP contribution >= 0.6 is 0 Å². The van der Waals surface area contributed by atoms with Crippen molar-refractivity contribution in [3.8, 4) is 0 Å². The number of carbonyl (C=O) groups is 1. The average molecular weight is 211 g/mol. The van der Waals surface area contributed by atoms with E-state index in [1.807, 2.05) is 0 Å². The summed E-state index contributed by atoms with van der Waals surface area (Å²) in [6.07, 6.45) is 5.40. The lowest BCUT2D eigenvalue weighted by atomic mass is 9.63. The van der Waals surface area contributed by atoms with Crippen LogP contribution in [0.5, 0.6) is 0 Å². The molecule has 3 nitrogen and oxygen atoms in total. The molecular weight excluding hydrogens is 190 g/mol. The molecular formula is C12H21NO2. The SMILES string of the molecule is CC(CCC(=O)O)CN1CC2(CCC2)C1. The molecule has 1 aliphatic heterocycles. The first-order valence-corrected chi connectivity index (χ1v) is 6.04. The standard InChI is InChI=1S/C12H21NO2/c1-10(3-4-11(14)15)7-13-8-12(9-13)5-2-6-12/h10H,2-9H2,1H3,(H,14,15). The Bertz CT molecular complexity index is 240. The van der Waals surface area contributed by atoms with E-state index in [-0.39, 0.29) is 0 Å². The van der Waals surface area contributed by atoms with Crippen LogP contribution in [0.2, 0.25) is 0 Å². The largest absolute Gasteiger partial charge is 0.481 e. The van der Waals surface area contributed by atoms with E-state index in [9.17, 15) is 4.79 Å². The van der Waals surface area contributed by atoms with E-state index in [2.05, 4.69) is 11.8 Å². The molecule has 15 heavy (non-hydrogen) atoms. The molecule has 2 fully saturated rings. The number of hydrogen-bond donors (Lipinski definition) is 1. The minimum Gasteiger partial charge on any atom is -0.481 e. The number of carboxylic acids is 1. The number of aliphatic carboxylic acids is 1. The number of nitrogens with zero attached hydrogens (tertiary/aromatic N) is 1. The Labute approximate surface area is 91.5 Å². The van der Waals surface area contributed by atoms with Crippen LogP contribution in [0.3, 0.4) is 0 Å². The second-order valence-electron chi connectivity index (χ2n) is 5.56. The number of rotatable bonds is 5. The first kappa shape index (κ1) is 10.9. The molecule has 0 aromatic heterocycles. The highest BCUT2D eigenvalue weighted by Gasteiger charge is 2.46. The lowest BCUT2D eigenvalue weighted by Crippen LogP contribution is -2.60. The fourth-order valence-corrected chi connectivity index (χ4v) is 2.93. The third-order valence-corrected chi connectivity index (χ3v) is 3.95. The molecule has 3 heteroatoms. The maximum Gasteiger partial charge on any atom is 0.303 e. The van der Waals surface area contributed by atoms with Crippen molar-refractivity contribution in [3.05, 3.63) is 0 Å². The molecule has 0 aromatic rings. The van der Waals surface area contributed by atoms with Crippen LogP contribution in [0.1, 0.15) is 39.0 Å². The molecule has 86 valence electrons. The summed E-state index contributed by atoms with van der Waals surface area (Å²) < 4.78 is 0. The lowest BCUT2D eigenvalue weighted by Gasteiger charge is -2.56. The van der Waals surface area contributed by atoms with Crippen LogP contribution < -0.4 is 0 Å². The quantitative estimate of drug-likeness (QED) is 0.756. The summed E-state index contributed by atoms with van der Waals surface area (Å²) in [5, 5.41) is 8.58. The summed E-state index contributed by atoms with van der Waals surface area (Å²) in [5.41, 5.74) is 0.701. The predicted octanol–water partition coefficient (Wildman–Crippen LogP) is 1.97. The minimum absolute atomic E-state index is 0.320. The third kappa shape index (κ3) is 2.51. The molecule has 1 saturated heterocycles. The first-order chi connectivity index (χ1) is 7.10. The average Bonchev–Trinajstić information content (AvgIpc) is 2.03. The van der Waals surface area contributed by atoms with Gasteiger partial charge in [0, 0.05) is 26.1 Å². The Morgan fingerprint density at radius 3 is 2.60 bits per heavy atom. The van der Waals surface area contributed by atoms with Gasteiger partial charge in [0.1, 0.15) is 0 Å². The monoisotopic (exact) mass is 211 g/mol. The Morgan fingerprint density at radius 1 is 1.47 bits per heavy atom. The van der Waals surface area contributed by atoms with Crippen LogP contribution in [0.4, 0.5) is 0 Å². The van der Waals surface area contributed by atoms with Gasteiger partial charge >= 0.3 is 5.97 Å². The minimum atomic E-state index is -0.666. The molecule has 2 rings (SSSR count). The van der Waals surface area contributed by atoms with Gasteiger partial charge in [0.05, 0.1) is 0 Å². The third-order valence-electron chi connectivity index (χ3n) is 3.95. The Kier molecular flexibility index (Phi) is 3.01. The van der Waals surface area contributed by atoms with Crippen molar-refractivity contribution in [3.63, 3.8) is 0 Å². The molecule has 1 unspecified atom stereocenters. The molecule has 1 N–H and O–H groups in total. The second kappa shape index (κ2) is 4.12. The van der Waals surface area contributed by atoms with E-state index in [0.717, 1.165) is 13.0 Å². The van der Waals surface area contributed by atoms with Crippen LogP contribution in [-0.4, -0.2) is 35.6 Å². The van der Waals surface area contributed by atoms with Gasteiger partial charge in [-0.25, -0.2) is 0 Å². The summed E-state index contributed by atoms with van der Waals surface area (Å²) >= 11 is 0. The highest BCUT2D eigenvalue weighted by Crippen LogP contribution is 2.48. The van der Waals surface area contributed by atoms with E-state index in [4.69, 9.17) is 5.11 Å².